The lowest BCUT2D eigenvalue weighted by molar-refractivity contribution is -0.114. The fourth-order valence-electron chi connectivity index (χ4n) is 2.67. The molecule has 0 radical (unpaired) electrons. The Bertz CT molecular complexity index is 1110. The SMILES string of the molecule is Cc1ccc(S(C)(=O)=O)cc1NCC(=O)Nc1ccccc1Oc1ccccc1. The minimum atomic E-state index is -3.32. The molecule has 0 saturated heterocycles. The van der Waals surface area contributed by atoms with Gasteiger partial charge in [-0.3, -0.25) is 4.79 Å². The van der Waals surface area contributed by atoms with E-state index >= 15 is 0 Å². The van der Waals surface area contributed by atoms with Crippen molar-refractivity contribution in [2.24, 2.45) is 0 Å². The third kappa shape index (κ3) is 5.58. The Balaban J connectivity index is 1.68. The van der Waals surface area contributed by atoms with Crippen molar-refractivity contribution in [3.05, 3.63) is 78.4 Å². The van der Waals surface area contributed by atoms with E-state index in [1.165, 1.54) is 6.07 Å². The van der Waals surface area contributed by atoms with Gasteiger partial charge < -0.3 is 15.4 Å². The van der Waals surface area contributed by atoms with Crippen molar-refractivity contribution < 1.29 is 17.9 Å². The molecule has 0 unspecified atom stereocenters. The van der Waals surface area contributed by atoms with Gasteiger partial charge in [-0.05, 0) is 48.9 Å². The second-order valence-electron chi connectivity index (χ2n) is 6.56. The van der Waals surface area contributed by atoms with Gasteiger partial charge in [0.15, 0.2) is 15.6 Å². The molecule has 150 valence electrons. The first-order valence-corrected chi connectivity index (χ1v) is 10.9. The van der Waals surface area contributed by atoms with Crippen LogP contribution in [-0.4, -0.2) is 27.1 Å². The van der Waals surface area contributed by atoms with E-state index in [0.717, 1.165) is 11.8 Å². The topological polar surface area (TPSA) is 84.5 Å². The highest BCUT2D eigenvalue weighted by Gasteiger charge is 2.12. The molecule has 1 amide bonds. The maximum absolute atomic E-state index is 12.4. The number of sulfone groups is 1. The van der Waals surface area contributed by atoms with Gasteiger partial charge in [-0.1, -0.05) is 36.4 Å². The molecule has 3 aromatic rings. The first-order valence-electron chi connectivity index (χ1n) is 8.99. The Hall–Kier alpha value is -3.32. The number of carbonyl (C=O) groups excluding carboxylic acids is 1. The zero-order valence-electron chi connectivity index (χ0n) is 16.2. The molecule has 0 spiro atoms. The minimum Gasteiger partial charge on any atom is -0.455 e. The number of benzene rings is 3. The largest absolute Gasteiger partial charge is 0.455 e. The van der Waals surface area contributed by atoms with Crippen LogP contribution in [0, 0.1) is 6.92 Å². The molecular formula is C22H22N2O4S. The average molecular weight is 410 g/mol. The van der Waals surface area contributed by atoms with E-state index in [1.54, 1.807) is 30.3 Å². The van der Waals surface area contributed by atoms with E-state index in [0.29, 0.717) is 22.9 Å². The summed E-state index contributed by atoms with van der Waals surface area (Å²) in [6.45, 7) is 1.82. The van der Waals surface area contributed by atoms with Crippen molar-refractivity contribution in [2.75, 3.05) is 23.4 Å². The van der Waals surface area contributed by atoms with E-state index in [2.05, 4.69) is 10.6 Å². The number of para-hydroxylation sites is 3. The third-order valence-corrected chi connectivity index (χ3v) is 5.32. The van der Waals surface area contributed by atoms with Crippen LogP contribution in [0.25, 0.3) is 0 Å². The Kier molecular flexibility index (Phi) is 6.19. The second-order valence-corrected chi connectivity index (χ2v) is 8.58. The van der Waals surface area contributed by atoms with Crippen molar-refractivity contribution in [1.82, 2.24) is 0 Å². The number of amides is 1. The van der Waals surface area contributed by atoms with E-state index in [1.807, 2.05) is 43.3 Å². The number of aryl methyl sites for hydroxylation is 1. The van der Waals surface area contributed by atoms with Crippen LogP contribution in [0.3, 0.4) is 0 Å². The van der Waals surface area contributed by atoms with Crippen molar-refractivity contribution in [3.8, 4) is 11.5 Å². The monoisotopic (exact) mass is 410 g/mol. The van der Waals surface area contributed by atoms with Crippen LogP contribution in [-0.2, 0) is 14.6 Å². The standard InChI is InChI=1S/C22H22N2O4S/c1-16-12-13-18(29(2,26)27)14-20(16)23-15-22(25)24-19-10-6-7-11-21(19)28-17-8-4-3-5-9-17/h3-14,23H,15H2,1-2H3,(H,24,25). The zero-order chi connectivity index (χ0) is 20.9. The van der Waals surface area contributed by atoms with Crippen molar-refractivity contribution in [3.63, 3.8) is 0 Å². The summed E-state index contributed by atoms with van der Waals surface area (Å²) in [5.74, 6) is 0.918. The predicted molar refractivity (Wildman–Crippen MR) is 114 cm³/mol. The fraction of sp³-hybridized carbons (Fsp3) is 0.136. The van der Waals surface area contributed by atoms with Gasteiger partial charge in [0, 0.05) is 11.9 Å². The third-order valence-electron chi connectivity index (χ3n) is 4.21. The molecule has 7 heteroatoms. The predicted octanol–water partition coefficient (Wildman–Crippen LogP) is 4.24. The maximum Gasteiger partial charge on any atom is 0.243 e. The molecule has 0 atom stereocenters. The number of carbonyl (C=O) groups is 1. The van der Waals surface area contributed by atoms with Gasteiger partial charge in [0.25, 0.3) is 0 Å². The number of anilines is 2. The minimum absolute atomic E-state index is 0.0201. The van der Waals surface area contributed by atoms with Crippen LogP contribution in [0.2, 0.25) is 0 Å². The number of hydrogen-bond donors (Lipinski definition) is 2. The molecule has 0 aliphatic rings. The molecule has 0 heterocycles. The summed E-state index contributed by atoms with van der Waals surface area (Å²) in [6, 6.07) is 21.2. The van der Waals surface area contributed by atoms with Crippen molar-refractivity contribution in [2.45, 2.75) is 11.8 Å². The van der Waals surface area contributed by atoms with E-state index in [-0.39, 0.29) is 17.3 Å². The highest BCUT2D eigenvalue weighted by Crippen LogP contribution is 2.29. The van der Waals surface area contributed by atoms with Gasteiger partial charge in [0.1, 0.15) is 5.75 Å². The summed E-state index contributed by atoms with van der Waals surface area (Å²) in [7, 11) is -3.32. The summed E-state index contributed by atoms with van der Waals surface area (Å²) in [5, 5.41) is 5.82. The van der Waals surface area contributed by atoms with Gasteiger partial charge in [-0.2, -0.15) is 0 Å². The van der Waals surface area contributed by atoms with E-state index < -0.39 is 9.84 Å². The molecule has 0 bridgehead atoms. The Labute approximate surface area is 170 Å². The van der Waals surface area contributed by atoms with Crippen LogP contribution in [0.4, 0.5) is 11.4 Å². The average Bonchev–Trinajstić information content (AvgIpc) is 2.69. The highest BCUT2D eigenvalue weighted by atomic mass is 32.2. The molecule has 29 heavy (non-hydrogen) atoms. The molecule has 6 nitrogen and oxygen atoms in total. The van der Waals surface area contributed by atoms with E-state index in [4.69, 9.17) is 4.74 Å². The number of nitrogens with one attached hydrogen (secondary N) is 2. The lowest BCUT2D eigenvalue weighted by Crippen LogP contribution is -2.22. The molecule has 3 aromatic carbocycles. The zero-order valence-corrected chi connectivity index (χ0v) is 17.0. The number of ether oxygens (including phenoxy) is 1. The van der Waals surface area contributed by atoms with Gasteiger partial charge in [-0.15, -0.1) is 0 Å². The van der Waals surface area contributed by atoms with Gasteiger partial charge in [0.2, 0.25) is 5.91 Å². The van der Waals surface area contributed by atoms with Crippen molar-refractivity contribution in [1.29, 1.82) is 0 Å². The quantitative estimate of drug-likeness (QED) is 0.609. The Morgan fingerprint density at radius 3 is 2.34 bits per heavy atom. The number of hydrogen-bond acceptors (Lipinski definition) is 5. The second kappa shape index (κ2) is 8.79. The number of rotatable bonds is 7. The molecule has 0 aliphatic heterocycles. The molecule has 0 aliphatic carbocycles. The maximum atomic E-state index is 12.4. The molecule has 0 aromatic heterocycles. The van der Waals surface area contributed by atoms with Gasteiger partial charge in [0.05, 0.1) is 17.1 Å². The van der Waals surface area contributed by atoms with Crippen LogP contribution in [0.15, 0.2) is 77.7 Å². The summed E-state index contributed by atoms with van der Waals surface area (Å²) in [5.41, 5.74) is 1.99. The van der Waals surface area contributed by atoms with Gasteiger partial charge in [-0.25, -0.2) is 8.42 Å². The molecule has 0 saturated carbocycles. The first-order chi connectivity index (χ1) is 13.8. The van der Waals surface area contributed by atoms with Crippen LogP contribution < -0.4 is 15.4 Å². The van der Waals surface area contributed by atoms with E-state index in [9.17, 15) is 13.2 Å². The molecule has 3 rings (SSSR count). The van der Waals surface area contributed by atoms with Crippen LogP contribution in [0.1, 0.15) is 5.56 Å². The van der Waals surface area contributed by atoms with Crippen LogP contribution in [0.5, 0.6) is 11.5 Å². The lowest BCUT2D eigenvalue weighted by Gasteiger charge is -2.14. The summed E-state index contributed by atoms with van der Waals surface area (Å²) >= 11 is 0. The Morgan fingerprint density at radius 1 is 0.931 bits per heavy atom. The summed E-state index contributed by atoms with van der Waals surface area (Å²) in [6.07, 6.45) is 1.15. The van der Waals surface area contributed by atoms with Crippen molar-refractivity contribution >= 4 is 27.1 Å². The Morgan fingerprint density at radius 2 is 1.62 bits per heavy atom. The summed E-state index contributed by atoms with van der Waals surface area (Å²) in [4.78, 5) is 12.6. The normalized spacial score (nSPS) is 11.0. The fourth-order valence-corrected chi connectivity index (χ4v) is 3.31. The smallest absolute Gasteiger partial charge is 0.243 e. The van der Waals surface area contributed by atoms with Gasteiger partial charge >= 0.3 is 0 Å². The molecule has 2 N–H and O–H groups in total. The first kappa shape index (κ1) is 20.4. The lowest BCUT2D eigenvalue weighted by atomic mass is 10.2. The summed E-state index contributed by atoms with van der Waals surface area (Å²) < 4.78 is 29.3. The van der Waals surface area contributed by atoms with Crippen LogP contribution >= 0.6 is 0 Å². The molecular weight excluding hydrogens is 388 g/mol. The molecule has 0 fully saturated rings. The highest BCUT2D eigenvalue weighted by molar-refractivity contribution is 7.90.